The summed E-state index contributed by atoms with van der Waals surface area (Å²) in [5.41, 5.74) is 0.593. The molecule has 1 saturated heterocycles. The van der Waals surface area contributed by atoms with Crippen LogP contribution in [0.3, 0.4) is 0 Å². The molecule has 1 fully saturated rings. The van der Waals surface area contributed by atoms with Crippen molar-refractivity contribution in [1.29, 1.82) is 0 Å². The van der Waals surface area contributed by atoms with Gasteiger partial charge in [0.05, 0.1) is 11.2 Å². The van der Waals surface area contributed by atoms with Crippen LogP contribution < -0.4 is 10.8 Å². The van der Waals surface area contributed by atoms with Crippen molar-refractivity contribution in [2.75, 3.05) is 5.32 Å². The Hall–Kier alpha value is -2.18. The summed E-state index contributed by atoms with van der Waals surface area (Å²) in [7, 11) is -0.481. The van der Waals surface area contributed by atoms with Gasteiger partial charge in [-0.2, -0.15) is 0 Å². The molecule has 0 aliphatic carbocycles. The maximum absolute atomic E-state index is 12.2. The second-order valence-electron chi connectivity index (χ2n) is 6.88. The molecule has 3 rings (SSSR count). The molecule has 1 N–H and O–H groups in total. The lowest BCUT2D eigenvalue weighted by Gasteiger charge is -2.32. The number of nitrogens with one attached hydrogen (secondary N) is 1. The van der Waals surface area contributed by atoms with Gasteiger partial charge in [0, 0.05) is 11.8 Å². The Balaban J connectivity index is 1.77. The molecule has 0 bridgehead atoms. The van der Waals surface area contributed by atoms with Gasteiger partial charge in [0.1, 0.15) is 5.82 Å². The second-order valence-corrected chi connectivity index (χ2v) is 6.88. The van der Waals surface area contributed by atoms with Crippen LogP contribution in [-0.4, -0.2) is 29.2 Å². The van der Waals surface area contributed by atoms with Crippen molar-refractivity contribution in [2.24, 2.45) is 0 Å². The van der Waals surface area contributed by atoms with Gasteiger partial charge in [-0.25, -0.2) is 4.98 Å². The molecule has 1 aromatic carbocycles. The molecule has 1 aliphatic rings. The topological polar surface area (TPSA) is 60.5 Å². The summed E-state index contributed by atoms with van der Waals surface area (Å²) in [5.74, 6) is 0.269. The number of benzene rings is 1. The van der Waals surface area contributed by atoms with Crippen LogP contribution in [0.4, 0.5) is 5.82 Å². The lowest BCUT2D eigenvalue weighted by Crippen LogP contribution is -2.41. The third-order valence-electron chi connectivity index (χ3n) is 4.59. The van der Waals surface area contributed by atoms with Crippen molar-refractivity contribution in [3.63, 3.8) is 0 Å². The van der Waals surface area contributed by atoms with E-state index in [0.717, 1.165) is 5.46 Å². The summed E-state index contributed by atoms with van der Waals surface area (Å²) < 4.78 is 12.1. The van der Waals surface area contributed by atoms with Crippen LogP contribution in [0.2, 0.25) is 0 Å². The third-order valence-corrected chi connectivity index (χ3v) is 4.59. The minimum atomic E-state index is -0.481. The second kappa shape index (κ2) is 6.04. The van der Waals surface area contributed by atoms with Gasteiger partial charge in [-0.05, 0) is 57.4 Å². The molecule has 0 unspecified atom stereocenters. The minimum absolute atomic E-state index is 0.200. The molecule has 1 aromatic heterocycles. The lowest BCUT2D eigenvalue weighted by molar-refractivity contribution is 0.00578. The van der Waals surface area contributed by atoms with Crippen LogP contribution in [0.25, 0.3) is 0 Å². The summed E-state index contributed by atoms with van der Waals surface area (Å²) in [6, 6.07) is 12.6. The third kappa shape index (κ3) is 3.20. The number of anilines is 1. The predicted molar refractivity (Wildman–Crippen MR) is 94.3 cm³/mol. The molecule has 124 valence electrons. The molecule has 2 aromatic rings. The van der Waals surface area contributed by atoms with E-state index >= 15 is 0 Å². The molecular formula is C18H21BN2O3. The number of aromatic nitrogens is 1. The number of rotatable bonds is 3. The monoisotopic (exact) mass is 324 g/mol. The van der Waals surface area contributed by atoms with Crippen molar-refractivity contribution >= 4 is 24.3 Å². The average molecular weight is 324 g/mol. The zero-order valence-corrected chi connectivity index (χ0v) is 14.4. The van der Waals surface area contributed by atoms with Gasteiger partial charge in [0.15, 0.2) is 0 Å². The standard InChI is InChI=1S/C18H21BN2O3/c1-17(2)18(3,4)24-19(23-17)14-10-11-20-15(12-14)21-16(22)13-8-6-5-7-9-13/h5-12H,1-4H3,(H,20,21,22). The Bertz CT molecular complexity index is 731. The number of hydrogen-bond donors (Lipinski definition) is 1. The number of pyridine rings is 1. The SMILES string of the molecule is CC1(C)OB(c2ccnc(NC(=O)c3ccccc3)c2)OC1(C)C. The van der Waals surface area contributed by atoms with E-state index < -0.39 is 18.3 Å². The Morgan fingerprint density at radius 3 is 2.29 bits per heavy atom. The molecule has 6 heteroatoms. The highest BCUT2D eigenvalue weighted by Crippen LogP contribution is 2.36. The lowest BCUT2D eigenvalue weighted by atomic mass is 9.80. The zero-order valence-electron chi connectivity index (χ0n) is 14.4. The van der Waals surface area contributed by atoms with Gasteiger partial charge < -0.3 is 14.6 Å². The summed E-state index contributed by atoms with van der Waals surface area (Å²) in [4.78, 5) is 16.4. The van der Waals surface area contributed by atoms with Gasteiger partial charge in [-0.3, -0.25) is 4.79 Å². The van der Waals surface area contributed by atoms with Crippen LogP contribution in [0.15, 0.2) is 48.7 Å². The fourth-order valence-corrected chi connectivity index (χ4v) is 2.42. The normalized spacial score (nSPS) is 18.4. The quantitative estimate of drug-likeness (QED) is 0.882. The maximum Gasteiger partial charge on any atom is 0.495 e. The molecular weight excluding hydrogens is 303 g/mol. The van der Waals surface area contributed by atoms with Gasteiger partial charge in [-0.15, -0.1) is 0 Å². The summed E-state index contributed by atoms with van der Waals surface area (Å²) >= 11 is 0. The van der Waals surface area contributed by atoms with E-state index in [0.29, 0.717) is 11.4 Å². The van der Waals surface area contributed by atoms with Crippen molar-refractivity contribution in [3.05, 3.63) is 54.2 Å². The van der Waals surface area contributed by atoms with E-state index in [1.807, 2.05) is 52.0 Å². The van der Waals surface area contributed by atoms with Crippen LogP contribution in [0.5, 0.6) is 0 Å². The zero-order chi connectivity index (χ0) is 17.4. The first kappa shape index (κ1) is 16.7. The molecule has 24 heavy (non-hydrogen) atoms. The predicted octanol–water partition coefficient (Wildman–Crippen LogP) is 2.63. The Kier molecular flexibility index (Phi) is 4.19. The van der Waals surface area contributed by atoms with Gasteiger partial charge >= 0.3 is 7.12 Å². The summed E-state index contributed by atoms with van der Waals surface area (Å²) in [6.07, 6.45) is 1.64. The van der Waals surface area contributed by atoms with Crippen molar-refractivity contribution in [3.8, 4) is 0 Å². The van der Waals surface area contributed by atoms with Crippen LogP contribution in [0, 0.1) is 0 Å². The van der Waals surface area contributed by atoms with Gasteiger partial charge in [0.25, 0.3) is 5.91 Å². The van der Waals surface area contributed by atoms with Gasteiger partial charge in [0.2, 0.25) is 0 Å². The van der Waals surface area contributed by atoms with E-state index in [2.05, 4.69) is 10.3 Å². The number of carbonyl (C=O) groups is 1. The Labute approximate surface area is 142 Å². The van der Waals surface area contributed by atoms with Crippen molar-refractivity contribution in [1.82, 2.24) is 4.98 Å². The van der Waals surface area contributed by atoms with E-state index in [4.69, 9.17) is 9.31 Å². The number of hydrogen-bond acceptors (Lipinski definition) is 4. The smallest absolute Gasteiger partial charge is 0.399 e. The molecule has 0 spiro atoms. The van der Waals surface area contributed by atoms with Crippen LogP contribution in [-0.2, 0) is 9.31 Å². The summed E-state index contributed by atoms with van der Waals surface area (Å²) in [6.45, 7) is 8.02. The van der Waals surface area contributed by atoms with Gasteiger partial charge in [-0.1, -0.05) is 18.2 Å². The molecule has 0 atom stereocenters. The first-order chi connectivity index (χ1) is 11.3. The highest BCUT2D eigenvalue weighted by atomic mass is 16.7. The number of amides is 1. The van der Waals surface area contributed by atoms with E-state index in [1.165, 1.54) is 0 Å². The fourth-order valence-electron chi connectivity index (χ4n) is 2.42. The van der Waals surface area contributed by atoms with E-state index in [-0.39, 0.29) is 5.91 Å². The van der Waals surface area contributed by atoms with Crippen molar-refractivity contribution < 1.29 is 14.1 Å². The molecule has 0 saturated carbocycles. The highest BCUT2D eigenvalue weighted by molar-refractivity contribution is 6.62. The largest absolute Gasteiger partial charge is 0.495 e. The number of carbonyl (C=O) groups excluding carboxylic acids is 1. The first-order valence-electron chi connectivity index (χ1n) is 7.96. The minimum Gasteiger partial charge on any atom is -0.399 e. The molecule has 0 radical (unpaired) electrons. The van der Waals surface area contributed by atoms with Crippen LogP contribution in [0.1, 0.15) is 38.1 Å². The molecule has 1 amide bonds. The fraction of sp³-hybridized carbons (Fsp3) is 0.333. The Morgan fingerprint density at radius 2 is 1.67 bits per heavy atom. The first-order valence-corrected chi connectivity index (χ1v) is 7.96. The highest BCUT2D eigenvalue weighted by Gasteiger charge is 2.51. The average Bonchev–Trinajstić information content (AvgIpc) is 2.76. The van der Waals surface area contributed by atoms with E-state index in [9.17, 15) is 4.79 Å². The number of nitrogens with zero attached hydrogens (tertiary/aromatic N) is 1. The summed E-state index contributed by atoms with van der Waals surface area (Å²) in [5, 5.41) is 2.80. The molecule has 1 aliphatic heterocycles. The molecule has 2 heterocycles. The Morgan fingerprint density at radius 1 is 1.04 bits per heavy atom. The molecule has 5 nitrogen and oxygen atoms in total. The van der Waals surface area contributed by atoms with E-state index in [1.54, 1.807) is 24.4 Å². The van der Waals surface area contributed by atoms with Crippen molar-refractivity contribution in [2.45, 2.75) is 38.9 Å². The van der Waals surface area contributed by atoms with Crippen LogP contribution >= 0.6 is 0 Å². The maximum atomic E-state index is 12.2.